The van der Waals surface area contributed by atoms with Gasteiger partial charge in [-0.05, 0) is 49.2 Å². The van der Waals surface area contributed by atoms with Gasteiger partial charge in [-0.3, -0.25) is 9.59 Å². The highest BCUT2D eigenvalue weighted by molar-refractivity contribution is 6.09. The Kier molecular flexibility index (Phi) is 5.14. The largest absolute Gasteiger partial charge is 0.378 e. The summed E-state index contributed by atoms with van der Waals surface area (Å²) in [4.78, 5) is 27.1. The average molecular weight is 338 g/mol. The number of amides is 2. The van der Waals surface area contributed by atoms with Crippen LogP contribution in [0.2, 0.25) is 0 Å². The first kappa shape index (κ1) is 17.2. The van der Waals surface area contributed by atoms with Crippen molar-refractivity contribution in [3.63, 3.8) is 0 Å². The molecule has 5 nitrogen and oxygen atoms in total. The lowest BCUT2D eigenvalue weighted by Gasteiger charge is -2.27. The summed E-state index contributed by atoms with van der Waals surface area (Å²) >= 11 is 0. The molecule has 3 rings (SSSR count). The van der Waals surface area contributed by atoms with Gasteiger partial charge in [-0.15, -0.1) is 0 Å². The third kappa shape index (κ3) is 3.88. The number of para-hydroxylation sites is 1. The first-order valence-corrected chi connectivity index (χ1v) is 8.41. The number of carbonyl (C=O) groups is 2. The predicted octanol–water partition coefficient (Wildman–Crippen LogP) is 3.03. The standard InChI is InChI=1S/C20H22N2O3/c1-14-7-8-16(13-15(14)2)19(23)21-18-6-4-3-5-17(18)20(24)22-9-11-25-12-10-22/h3-8,13H,9-12H2,1-2H3,(H,21,23). The Hall–Kier alpha value is -2.66. The van der Waals surface area contributed by atoms with Crippen molar-refractivity contribution in [1.29, 1.82) is 0 Å². The molecule has 1 fully saturated rings. The highest BCUT2D eigenvalue weighted by atomic mass is 16.5. The van der Waals surface area contributed by atoms with E-state index < -0.39 is 0 Å². The molecule has 0 spiro atoms. The van der Waals surface area contributed by atoms with Crippen LogP contribution < -0.4 is 5.32 Å². The minimum absolute atomic E-state index is 0.0840. The fraction of sp³-hybridized carbons (Fsp3) is 0.300. The second-order valence-electron chi connectivity index (χ2n) is 6.20. The van der Waals surface area contributed by atoms with Gasteiger partial charge in [-0.2, -0.15) is 0 Å². The zero-order valence-electron chi connectivity index (χ0n) is 14.5. The number of rotatable bonds is 3. The molecule has 1 saturated heterocycles. The van der Waals surface area contributed by atoms with E-state index in [0.29, 0.717) is 43.1 Å². The van der Waals surface area contributed by atoms with Crippen molar-refractivity contribution in [2.24, 2.45) is 0 Å². The van der Waals surface area contributed by atoms with E-state index in [9.17, 15) is 9.59 Å². The zero-order valence-corrected chi connectivity index (χ0v) is 14.5. The molecular weight excluding hydrogens is 316 g/mol. The van der Waals surface area contributed by atoms with E-state index in [1.54, 1.807) is 29.2 Å². The monoisotopic (exact) mass is 338 g/mol. The van der Waals surface area contributed by atoms with Gasteiger partial charge in [0.1, 0.15) is 0 Å². The summed E-state index contributed by atoms with van der Waals surface area (Å²) in [5.74, 6) is -0.301. The summed E-state index contributed by atoms with van der Waals surface area (Å²) in [5, 5.41) is 2.88. The summed E-state index contributed by atoms with van der Waals surface area (Å²) in [6, 6.07) is 12.7. The van der Waals surface area contributed by atoms with Gasteiger partial charge in [0, 0.05) is 18.7 Å². The molecule has 2 amide bonds. The van der Waals surface area contributed by atoms with E-state index in [1.807, 2.05) is 32.0 Å². The number of hydrogen-bond donors (Lipinski definition) is 1. The molecule has 1 heterocycles. The summed E-state index contributed by atoms with van der Waals surface area (Å²) in [6.07, 6.45) is 0. The molecule has 1 aliphatic heterocycles. The molecule has 0 aromatic heterocycles. The van der Waals surface area contributed by atoms with Crippen LogP contribution >= 0.6 is 0 Å². The number of benzene rings is 2. The number of nitrogens with one attached hydrogen (secondary N) is 1. The number of ether oxygens (including phenoxy) is 1. The van der Waals surface area contributed by atoms with Crippen LogP contribution in [0.4, 0.5) is 5.69 Å². The Bertz CT molecular complexity index is 795. The van der Waals surface area contributed by atoms with Gasteiger partial charge < -0.3 is 15.0 Å². The highest BCUT2D eigenvalue weighted by Crippen LogP contribution is 2.20. The summed E-state index contributed by atoms with van der Waals surface area (Å²) in [7, 11) is 0. The number of carbonyl (C=O) groups excluding carboxylic acids is 2. The molecule has 0 unspecified atom stereocenters. The Balaban J connectivity index is 1.81. The van der Waals surface area contributed by atoms with E-state index in [2.05, 4.69) is 5.32 Å². The fourth-order valence-electron chi connectivity index (χ4n) is 2.79. The van der Waals surface area contributed by atoms with Crippen molar-refractivity contribution in [2.75, 3.05) is 31.6 Å². The third-order valence-electron chi connectivity index (χ3n) is 4.47. The van der Waals surface area contributed by atoms with Crippen LogP contribution in [-0.2, 0) is 4.74 Å². The van der Waals surface area contributed by atoms with E-state index in [4.69, 9.17) is 4.74 Å². The summed E-state index contributed by atoms with van der Waals surface area (Å²) in [5.41, 5.74) is 3.81. The molecule has 2 aromatic carbocycles. The van der Waals surface area contributed by atoms with Gasteiger partial charge in [-0.1, -0.05) is 18.2 Å². The number of nitrogens with zero attached hydrogens (tertiary/aromatic N) is 1. The number of anilines is 1. The van der Waals surface area contributed by atoms with Crippen LogP contribution in [0.5, 0.6) is 0 Å². The van der Waals surface area contributed by atoms with E-state index in [1.165, 1.54) is 0 Å². The average Bonchev–Trinajstić information content (AvgIpc) is 2.64. The molecule has 0 atom stereocenters. The maximum absolute atomic E-state index is 12.8. The molecule has 1 aliphatic rings. The van der Waals surface area contributed by atoms with Crippen LogP contribution in [0, 0.1) is 13.8 Å². The van der Waals surface area contributed by atoms with Gasteiger partial charge in [0.05, 0.1) is 24.5 Å². The smallest absolute Gasteiger partial charge is 0.256 e. The van der Waals surface area contributed by atoms with Crippen LogP contribution in [-0.4, -0.2) is 43.0 Å². The van der Waals surface area contributed by atoms with Crippen LogP contribution in [0.25, 0.3) is 0 Å². The van der Waals surface area contributed by atoms with Crippen LogP contribution in [0.15, 0.2) is 42.5 Å². The summed E-state index contributed by atoms with van der Waals surface area (Å²) < 4.78 is 5.30. The van der Waals surface area contributed by atoms with Crippen molar-refractivity contribution < 1.29 is 14.3 Å². The maximum Gasteiger partial charge on any atom is 0.256 e. The molecule has 5 heteroatoms. The Morgan fingerprint density at radius 2 is 1.72 bits per heavy atom. The zero-order chi connectivity index (χ0) is 17.8. The molecule has 0 bridgehead atoms. The highest BCUT2D eigenvalue weighted by Gasteiger charge is 2.21. The molecule has 0 radical (unpaired) electrons. The third-order valence-corrected chi connectivity index (χ3v) is 4.47. The second-order valence-corrected chi connectivity index (χ2v) is 6.20. The SMILES string of the molecule is Cc1ccc(C(=O)Nc2ccccc2C(=O)N2CCOCC2)cc1C. The molecule has 130 valence electrons. The molecule has 1 N–H and O–H groups in total. The Morgan fingerprint density at radius 1 is 1.00 bits per heavy atom. The van der Waals surface area contributed by atoms with Crippen molar-refractivity contribution in [2.45, 2.75) is 13.8 Å². The van der Waals surface area contributed by atoms with Crippen molar-refractivity contribution >= 4 is 17.5 Å². The Labute approximate surface area is 147 Å². The van der Waals surface area contributed by atoms with Gasteiger partial charge in [-0.25, -0.2) is 0 Å². The molecule has 2 aromatic rings. The first-order valence-electron chi connectivity index (χ1n) is 8.41. The predicted molar refractivity (Wildman–Crippen MR) is 97.0 cm³/mol. The molecular formula is C20H22N2O3. The molecule has 25 heavy (non-hydrogen) atoms. The lowest BCUT2D eigenvalue weighted by atomic mass is 10.1. The van der Waals surface area contributed by atoms with E-state index in [-0.39, 0.29) is 11.8 Å². The van der Waals surface area contributed by atoms with Gasteiger partial charge in [0.25, 0.3) is 11.8 Å². The molecule has 0 aliphatic carbocycles. The first-order chi connectivity index (χ1) is 12.1. The van der Waals surface area contributed by atoms with Crippen LogP contribution in [0.3, 0.4) is 0 Å². The van der Waals surface area contributed by atoms with Gasteiger partial charge in [0.15, 0.2) is 0 Å². The van der Waals surface area contributed by atoms with Crippen molar-refractivity contribution in [3.8, 4) is 0 Å². The summed E-state index contributed by atoms with van der Waals surface area (Å²) in [6.45, 7) is 6.21. The van der Waals surface area contributed by atoms with E-state index >= 15 is 0 Å². The number of hydrogen-bond acceptors (Lipinski definition) is 3. The topological polar surface area (TPSA) is 58.6 Å². The second kappa shape index (κ2) is 7.49. The fourth-order valence-corrected chi connectivity index (χ4v) is 2.79. The van der Waals surface area contributed by atoms with Crippen molar-refractivity contribution in [1.82, 2.24) is 4.90 Å². The minimum Gasteiger partial charge on any atom is -0.378 e. The molecule has 0 saturated carbocycles. The normalized spacial score (nSPS) is 14.2. The number of morpholine rings is 1. The maximum atomic E-state index is 12.8. The van der Waals surface area contributed by atoms with Crippen molar-refractivity contribution in [3.05, 3.63) is 64.7 Å². The lowest BCUT2D eigenvalue weighted by Crippen LogP contribution is -2.41. The number of aryl methyl sites for hydroxylation is 2. The van der Waals surface area contributed by atoms with E-state index in [0.717, 1.165) is 11.1 Å². The van der Waals surface area contributed by atoms with Crippen LogP contribution in [0.1, 0.15) is 31.8 Å². The quantitative estimate of drug-likeness (QED) is 0.936. The Morgan fingerprint density at radius 3 is 2.44 bits per heavy atom. The lowest BCUT2D eigenvalue weighted by molar-refractivity contribution is 0.0303. The van der Waals surface area contributed by atoms with Gasteiger partial charge in [0.2, 0.25) is 0 Å². The minimum atomic E-state index is -0.217. The van der Waals surface area contributed by atoms with Gasteiger partial charge >= 0.3 is 0 Å².